The highest BCUT2D eigenvalue weighted by molar-refractivity contribution is 9.09. The Hall–Kier alpha value is -2.08. The van der Waals surface area contributed by atoms with Crippen LogP contribution in [0.25, 0.3) is 0 Å². The van der Waals surface area contributed by atoms with Crippen molar-refractivity contribution in [3.05, 3.63) is 17.0 Å². The van der Waals surface area contributed by atoms with E-state index in [1.54, 1.807) is 32.1 Å². The van der Waals surface area contributed by atoms with Crippen molar-refractivity contribution >= 4 is 48.9 Å². The second-order valence-corrected chi connectivity index (χ2v) is 9.74. The molecule has 2 aromatic heterocycles. The fraction of sp³-hybridized carbons (Fsp3) is 0.357. The third-order valence-electron chi connectivity index (χ3n) is 4.14. The Morgan fingerprint density at radius 1 is 1.08 bits per heavy atom. The van der Waals surface area contributed by atoms with Gasteiger partial charge in [-0.3, -0.25) is 14.3 Å². The molecule has 0 bridgehead atoms. The van der Waals surface area contributed by atoms with Crippen LogP contribution in [0.15, 0.2) is 9.89 Å². The third-order valence-corrected chi connectivity index (χ3v) is 8.50. The zero-order valence-electron chi connectivity index (χ0n) is 13.8. The summed E-state index contributed by atoms with van der Waals surface area (Å²) in [6.07, 6.45) is 0. The summed E-state index contributed by atoms with van der Waals surface area (Å²) < 4.78 is 3.33. The van der Waals surface area contributed by atoms with Crippen LogP contribution >= 0.6 is 31.4 Å². The molecule has 11 heteroatoms. The number of aliphatic imine (C=N–C) groups is 1. The first-order chi connectivity index (χ1) is 11.9. The molecule has 2 aliphatic heterocycles. The smallest absolute Gasteiger partial charge is 0.223 e. The second-order valence-electron chi connectivity index (χ2n) is 5.64. The Bertz CT molecular complexity index is 1020. The lowest BCUT2D eigenvalue weighted by Gasteiger charge is -2.38. The average molecular weight is 389 g/mol. The van der Waals surface area contributed by atoms with Crippen molar-refractivity contribution in [3.8, 4) is 12.1 Å². The molecule has 2 aromatic rings. The van der Waals surface area contributed by atoms with Gasteiger partial charge in [0, 0.05) is 14.1 Å². The van der Waals surface area contributed by atoms with Crippen molar-refractivity contribution in [2.24, 2.45) is 19.1 Å². The number of hydrogen-bond acceptors (Lipinski definition) is 9. The number of nitrogens with zero attached hydrogens (tertiary/aromatic N) is 8. The Balaban J connectivity index is 2.13. The number of anilines is 1. The molecule has 126 valence electrons. The highest BCUT2D eigenvalue weighted by atomic mass is 33.5. The lowest BCUT2D eigenvalue weighted by Crippen LogP contribution is -2.49. The molecule has 0 spiro atoms. The van der Waals surface area contributed by atoms with Crippen LogP contribution in [0.2, 0.25) is 0 Å². The van der Waals surface area contributed by atoms with Gasteiger partial charge in [0.05, 0.1) is 21.8 Å². The van der Waals surface area contributed by atoms with Gasteiger partial charge < -0.3 is 0 Å². The zero-order chi connectivity index (χ0) is 17.9. The SMILES string of the molecule is Cc1nn(C)c2c1SSS[C@@]1(C#N)c3c(C)nn(C)c3N=C(C#N)N21. The summed E-state index contributed by atoms with van der Waals surface area (Å²) >= 11 is 0. The number of fused-ring (bicyclic) bond motifs is 5. The van der Waals surface area contributed by atoms with Crippen molar-refractivity contribution in [3.63, 3.8) is 0 Å². The highest BCUT2D eigenvalue weighted by Gasteiger charge is 2.53. The van der Waals surface area contributed by atoms with Crippen molar-refractivity contribution in [2.45, 2.75) is 23.6 Å². The summed E-state index contributed by atoms with van der Waals surface area (Å²) in [4.78, 5) is 6.02. The molecular weight excluding hydrogens is 376 g/mol. The van der Waals surface area contributed by atoms with Gasteiger partial charge in [-0.1, -0.05) is 0 Å². The van der Waals surface area contributed by atoms with Crippen LogP contribution in [-0.2, 0) is 19.0 Å². The van der Waals surface area contributed by atoms with Crippen LogP contribution in [0.4, 0.5) is 11.6 Å². The molecule has 8 nitrogen and oxygen atoms in total. The predicted molar refractivity (Wildman–Crippen MR) is 99.4 cm³/mol. The topological polar surface area (TPSA) is 98.8 Å². The van der Waals surface area contributed by atoms with Crippen molar-refractivity contribution in [1.29, 1.82) is 10.5 Å². The van der Waals surface area contributed by atoms with Gasteiger partial charge in [0.2, 0.25) is 10.7 Å². The van der Waals surface area contributed by atoms with Crippen LogP contribution in [0.3, 0.4) is 0 Å². The zero-order valence-corrected chi connectivity index (χ0v) is 16.3. The molecular formula is C14H12N8S3. The maximum Gasteiger partial charge on any atom is 0.223 e. The van der Waals surface area contributed by atoms with E-state index in [2.05, 4.69) is 27.3 Å². The number of rotatable bonds is 0. The molecule has 2 aliphatic rings. The molecule has 0 fully saturated rings. The van der Waals surface area contributed by atoms with E-state index in [0.29, 0.717) is 11.6 Å². The van der Waals surface area contributed by atoms with E-state index in [9.17, 15) is 10.5 Å². The van der Waals surface area contributed by atoms with Gasteiger partial charge in [0.15, 0.2) is 5.82 Å². The van der Waals surface area contributed by atoms with E-state index in [0.717, 1.165) is 21.8 Å². The number of amidine groups is 1. The van der Waals surface area contributed by atoms with Crippen molar-refractivity contribution in [2.75, 3.05) is 4.90 Å². The minimum Gasteiger partial charge on any atom is -0.267 e. The largest absolute Gasteiger partial charge is 0.267 e. The number of nitriles is 2. The van der Waals surface area contributed by atoms with Gasteiger partial charge in [-0.25, -0.2) is 4.99 Å². The Morgan fingerprint density at radius 2 is 1.80 bits per heavy atom. The molecule has 0 unspecified atom stereocenters. The first-order valence-electron chi connectivity index (χ1n) is 7.25. The van der Waals surface area contributed by atoms with Crippen LogP contribution in [0.1, 0.15) is 17.0 Å². The highest BCUT2D eigenvalue weighted by Crippen LogP contribution is 2.62. The van der Waals surface area contributed by atoms with E-state index >= 15 is 0 Å². The maximum absolute atomic E-state index is 10.3. The Labute approximate surface area is 155 Å². The lowest BCUT2D eigenvalue weighted by molar-refractivity contribution is 0.702. The van der Waals surface area contributed by atoms with Gasteiger partial charge >= 0.3 is 0 Å². The average Bonchev–Trinajstić information content (AvgIpc) is 2.94. The van der Waals surface area contributed by atoms with Gasteiger partial charge in [0.25, 0.3) is 0 Å². The number of hydrogen-bond donors (Lipinski definition) is 0. The summed E-state index contributed by atoms with van der Waals surface area (Å²) in [5, 5.41) is 28.9. The third kappa shape index (κ3) is 2.00. The first-order valence-corrected chi connectivity index (χ1v) is 10.7. The Kier molecular flexibility index (Phi) is 3.58. The van der Waals surface area contributed by atoms with E-state index in [1.165, 1.54) is 20.6 Å². The molecule has 0 N–H and O–H groups in total. The quantitative estimate of drug-likeness (QED) is 0.635. The van der Waals surface area contributed by atoms with Gasteiger partial charge in [0.1, 0.15) is 18.0 Å². The predicted octanol–water partition coefficient (Wildman–Crippen LogP) is 2.92. The monoisotopic (exact) mass is 388 g/mol. The molecule has 4 rings (SSSR count). The molecule has 0 radical (unpaired) electrons. The summed E-state index contributed by atoms with van der Waals surface area (Å²) in [7, 11) is 8.04. The summed E-state index contributed by atoms with van der Waals surface area (Å²) in [5.41, 5.74) is 2.31. The standard InChI is InChI=1S/C14H12N8S3/c1-7-10-12(20(3)18-7)17-9(5-15)22-13-11(8(2)19-21(13)4)23-25-24-14(10,22)6-16/h1-4H3/t14-/m0/s1. The summed E-state index contributed by atoms with van der Waals surface area (Å²) in [5.74, 6) is 1.42. The molecule has 4 heterocycles. The fourth-order valence-electron chi connectivity index (χ4n) is 3.18. The molecule has 0 aromatic carbocycles. The second kappa shape index (κ2) is 5.46. The first kappa shape index (κ1) is 16.4. The van der Waals surface area contributed by atoms with Crippen molar-refractivity contribution < 1.29 is 0 Å². The number of aromatic nitrogens is 4. The molecule has 0 aliphatic carbocycles. The lowest BCUT2D eigenvalue weighted by atomic mass is 10.0. The fourth-order valence-corrected chi connectivity index (χ4v) is 8.02. The normalized spacial score (nSPS) is 21.4. The molecule has 0 amide bonds. The summed E-state index contributed by atoms with van der Waals surface area (Å²) in [6, 6.07) is 4.60. The summed E-state index contributed by atoms with van der Waals surface area (Å²) in [6.45, 7) is 3.78. The van der Waals surface area contributed by atoms with Crippen LogP contribution in [0, 0.1) is 36.5 Å². The molecule has 1 atom stereocenters. The molecule has 0 saturated carbocycles. The number of aryl methyl sites for hydroxylation is 4. The minimum atomic E-state index is -1.14. The van der Waals surface area contributed by atoms with E-state index in [1.807, 2.05) is 20.9 Å². The van der Waals surface area contributed by atoms with Gasteiger partial charge in [-0.2, -0.15) is 20.7 Å². The van der Waals surface area contributed by atoms with Crippen LogP contribution in [-0.4, -0.2) is 25.4 Å². The minimum absolute atomic E-state index is 0.164. The van der Waals surface area contributed by atoms with E-state index in [4.69, 9.17) is 0 Å². The maximum atomic E-state index is 10.3. The van der Waals surface area contributed by atoms with Crippen LogP contribution in [0.5, 0.6) is 0 Å². The van der Waals surface area contributed by atoms with Crippen LogP contribution < -0.4 is 4.90 Å². The van der Waals surface area contributed by atoms with Crippen molar-refractivity contribution in [1.82, 2.24) is 19.6 Å². The van der Waals surface area contributed by atoms with E-state index in [-0.39, 0.29) is 5.84 Å². The van der Waals surface area contributed by atoms with Gasteiger partial charge in [-0.15, -0.1) is 0 Å². The van der Waals surface area contributed by atoms with Gasteiger partial charge in [-0.05, 0) is 45.3 Å². The molecule has 25 heavy (non-hydrogen) atoms. The van der Waals surface area contributed by atoms with E-state index < -0.39 is 4.87 Å². The Morgan fingerprint density at radius 3 is 2.48 bits per heavy atom. The molecule has 0 saturated heterocycles.